The Labute approximate surface area is 121 Å². The predicted molar refractivity (Wildman–Crippen MR) is 71.2 cm³/mol. The highest BCUT2D eigenvalue weighted by Gasteiger charge is 2.26. The Balaban J connectivity index is 2.02. The standard InChI is InChI=1S/C11H16N4O5S/c16-9(15-4-2-1-3-5-15)7-13-21(19,20)10-8(11(17)18)6-12-14-10/h6,13H,1-5,7H2,(H,12,14)(H,17,18). The highest BCUT2D eigenvalue weighted by Crippen LogP contribution is 2.12. The van der Waals surface area contributed by atoms with E-state index >= 15 is 0 Å². The van der Waals surface area contributed by atoms with Gasteiger partial charge >= 0.3 is 5.97 Å². The van der Waals surface area contributed by atoms with E-state index in [1.54, 1.807) is 4.90 Å². The van der Waals surface area contributed by atoms with Crippen LogP contribution < -0.4 is 4.72 Å². The van der Waals surface area contributed by atoms with Crippen molar-refractivity contribution in [3.05, 3.63) is 11.8 Å². The predicted octanol–water partition coefficient (Wildman–Crippen LogP) is -0.601. The highest BCUT2D eigenvalue weighted by molar-refractivity contribution is 7.89. The normalized spacial score (nSPS) is 15.9. The van der Waals surface area contributed by atoms with Crippen LogP contribution in [0.25, 0.3) is 0 Å². The number of aromatic carboxylic acids is 1. The van der Waals surface area contributed by atoms with E-state index < -0.39 is 33.1 Å². The lowest BCUT2D eigenvalue weighted by Crippen LogP contribution is -2.42. The van der Waals surface area contributed by atoms with Gasteiger partial charge in [-0.25, -0.2) is 17.9 Å². The van der Waals surface area contributed by atoms with Crippen molar-refractivity contribution in [2.24, 2.45) is 0 Å². The van der Waals surface area contributed by atoms with Gasteiger partial charge in [0.25, 0.3) is 10.0 Å². The average molecular weight is 316 g/mol. The third-order valence-corrected chi connectivity index (χ3v) is 4.60. The number of piperidine rings is 1. The fourth-order valence-corrected chi connectivity index (χ4v) is 3.18. The van der Waals surface area contributed by atoms with E-state index in [1.165, 1.54) is 0 Å². The topological polar surface area (TPSA) is 132 Å². The van der Waals surface area contributed by atoms with Crippen LogP contribution in [0.15, 0.2) is 11.2 Å². The molecule has 0 spiro atoms. The number of H-pyrrole nitrogens is 1. The smallest absolute Gasteiger partial charge is 0.340 e. The molecule has 21 heavy (non-hydrogen) atoms. The van der Waals surface area contributed by atoms with Crippen LogP contribution in [0.1, 0.15) is 29.6 Å². The van der Waals surface area contributed by atoms with Gasteiger partial charge in [0.1, 0.15) is 5.56 Å². The first kappa shape index (κ1) is 15.4. The van der Waals surface area contributed by atoms with Crippen molar-refractivity contribution >= 4 is 21.9 Å². The lowest BCUT2D eigenvalue weighted by Gasteiger charge is -2.26. The van der Waals surface area contributed by atoms with Gasteiger partial charge in [-0.15, -0.1) is 0 Å². The van der Waals surface area contributed by atoms with Gasteiger partial charge in [-0.3, -0.25) is 9.89 Å². The molecule has 0 aromatic carbocycles. The van der Waals surface area contributed by atoms with Crippen LogP contribution in [0.4, 0.5) is 0 Å². The lowest BCUT2D eigenvalue weighted by molar-refractivity contribution is -0.130. The molecule has 0 bridgehead atoms. The molecule has 1 amide bonds. The molecule has 1 aliphatic heterocycles. The van der Waals surface area contributed by atoms with Crippen molar-refractivity contribution in [1.82, 2.24) is 19.8 Å². The van der Waals surface area contributed by atoms with E-state index in [1.807, 2.05) is 0 Å². The maximum absolute atomic E-state index is 12.0. The van der Waals surface area contributed by atoms with E-state index in [0.717, 1.165) is 25.5 Å². The van der Waals surface area contributed by atoms with Crippen LogP contribution in [0.2, 0.25) is 0 Å². The number of carboxylic acid groups (broad SMARTS) is 1. The number of carbonyl (C=O) groups is 2. The van der Waals surface area contributed by atoms with Crippen LogP contribution in [-0.2, 0) is 14.8 Å². The molecule has 2 heterocycles. The number of amides is 1. The number of likely N-dealkylation sites (tertiary alicyclic amines) is 1. The maximum atomic E-state index is 12.0. The summed E-state index contributed by atoms with van der Waals surface area (Å²) >= 11 is 0. The number of aromatic amines is 1. The second-order valence-corrected chi connectivity index (χ2v) is 6.39. The molecule has 1 aromatic rings. The Bertz CT molecular complexity index is 633. The van der Waals surface area contributed by atoms with Crippen molar-refractivity contribution in [3.63, 3.8) is 0 Å². The van der Waals surface area contributed by atoms with Crippen molar-refractivity contribution in [2.75, 3.05) is 19.6 Å². The van der Waals surface area contributed by atoms with Gasteiger partial charge in [-0.2, -0.15) is 5.10 Å². The number of hydrogen-bond donors (Lipinski definition) is 3. The van der Waals surface area contributed by atoms with Gasteiger partial charge in [0.15, 0.2) is 5.03 Å². The zero-order valence-corrected chi connectivity index (χ0v) is 12.0. The molecule has 10 heteroatoms. The Kier molecular flexibility index (Phi) is 4.58. The lowest BCUT2D eigenvalue weighted by atomic mass is 10.1. The molecular weight excluding hydrogens is 300 g/mol. The number of sulfonamides is 1. The van der Waals surface area contributed by atoms with E-state index in [4.69, 9.17) is 5.11 Å². The molecule has 1 aliphatic rings. The van der Waals surface area contributed by atoms with E-state index in [-0.39, 0.29) is 5.91 Å². The van der Waals surface area contributed by atoms with Crippen molar-refractivity contribution in [3.8, 4) is 0 Å². The summed E-state index contributed by atoms with van der Waals surface area (Å²) in [6.45, 7) is 0.830. The average Bonchev–Trinajstić information content (AvgIpc) is 2.96. The van der Waals surface area contributed by atoms with Crippen LogP contribution in [0.5, 0.6) is 0 Å². The first-order valence-corrected chi connectivity index (χ1v) is 7.94. The summed E-state index contributed by atoms with van der Waals surface area (Å²) in [5, 5.41) is 13.8. The molecule has 0 unspecified atom stereocenters. The Hall–Kier alpha value is -1.94. The minimum Gasteiger partial charge on any atom is -0.478 e. The molecule has 0 saturated carbocycles. The quantitative estimate of drug-likeness (QED) is 0.664. The largest absolute Gasteiger partial charge is 0.478 e. The number of rotatable bonds is 5. The molecule has 1 aromatic heterocycles. The zero-order valence-electron chi connectivity index (χ0n) is 11.2. The van der Waals surface area contributed by atoms with Crippen molar-refractivity contribution in [2.45, 2.75) is 24.3 Å². The molecule has 0 atom stereocenters. The first-order valence-electron chi connectivity index (χ1n) is 6.46. The van der Waals surface area contributed by atoms with E-state index in [0.29, 0.717) is 13.1 Å². The molecular formula is C11H16N4O5S. The molecule has 3 N–H and O–H groups in total. The molecule has 116 valence electrons. The van der Waals surface area contributed by atoms with Crippen LogP contribution in [0, 0.1) is 0 Å². The Morgan fingerprint density at radius 2 is 2.00 bits per heavy atom. The molecule has 0 radical (unpaired) electrons. The number of nitrogens with zero attached hydrogens (tertiary/aromatic N) is 2. The minimum absolute atomic E-state index is 0.324. The molecule has 1 fully saturated rings. The number of nitrogens with one attached hydrogen (secondary N) is 2. The molecule has 2 rings (SSSR count). The maximum Gasteiger partial charge on any atom is 0.340 e. The first-order chi connectivity index (χ1) is 9.92. The summed E-state index contributed by atoms with van der Waals surface area (Å²) in [5.74, 6) is -1.74. The SMILES string of the molecule is O=C(O)c1cn[nH]c1S(=O)(=O)NCC(=O)N1CCCCC1. The third kappa shape index (κ3) is 3.58. The van der Waals surface area contributed by atoms with Gasteiger partial charge in [0.05, 0.1) is 12.7 Å². The van der Waals surface area contributed by atoms with Crippen molar-refractivity contribution < 1.29 is 23.1 Å². The van der Waals surface area contributed by atoms with Gasteiger partial charge in [-0.05, 0) is 19.3 Å². The van der Waals surface area contributed by atoms with Gasteiger partial charge in [-0.1, -0.05) is 0 Å². The Morgan fingerprint density at radius 1 is 1.33 bits per heavy atom. The van der Waals surface area contributed by atoms with Crippen LogP contribution >= 0.6 is 0 Å². The molecule has 1 saturated heterocycles. The summed E-state index contributed by atoms with van der Waals surface area (Å²) in [4.78, 5) is 24.4. The fourth-order valence-electron chi connectivity index (χ4n) is 2.12. The summed E-state index contributed by atoms with van der Waals surface area (Å²) in [6, 6.07) is 0. The summed E-state index contributed by atoms with van der Waals surface area (Å²) in [7, 11) is -4.12. The zero-order chi connectivity index (χ0) is 15.5. The van der Waals surface area contributed by atoms with Crippen LogP contribution in [0.3, 0.4) is 0 Å². The van der Waals surface area contributed by atoms with Gasteiger partial charge < -0.3 is 10.0 Å². The number of aromatic nitrogens is 2. The summed E-state index contributed by atoms with van der Waals surface area (Å²) in [5.41, 5.74) is -0.465. The number of hydrogen-bond acceptors (Lipinski definition) is 5. The van der Waals surface area contributed by atoms with Crippen molar-refractivity contribution in [1.29, 1.82) is 0 Å². The fraction of sp³-hybridized carbons (Fsp3) is 0.545. The number of carboxylic acids is 1. The molecule has 9 nitrogen and oxygen atoms in total. The monoisotopic (exact) mass is 316 g/mol. The summed E-state index contributed by atoms with van der Waals surface area (Å²) in [6.07, 6.45) is 3.78. The second kappa shape index (κ2) is 6.22. The Morgan fingerprint density at radius 3 is 2.62 bits per heavy atom. The third-order valence-electron chi connectivity index (χ3n) is 3.23. The summed E-state index contributed by atoms with van der Waals surface area (Å²) < 4.78 is 26.1. The molecule has 0 aliphatic carbocycles. The minimum atomic E-state index is -4.12. The van der Waals surface area contributed by atoms with Gasteiger partial charge in [0, 0.05) is 13.1 Å². The number of carbonyl (C=O) groups excluding carboxylic acids is 1. The van der Waals surface area contributed by atoms with E-state index in [2.05, 4.69) is 14.9 Å². The van der Waals surface area contributed by atoms with Gasteiger partial charge in [0.2, 0.25) is 5.91 Å². The second-order valence-electron chi connectivity index (χ2n) is 4.68. The van der Waals surface area contributed by atoms with Crippen LogP contribution in [-0.4, -0.2) is 60.1 Å². The van der Waals surface area contributed by atoms with E-state index in [9.17, 15) is 18.0 Å². The highest BCUT2D eigenvalue weighted by atomic mass is 32.2.